The molecule has 1 heterocycles. The van der Waals surface area contributed by atoms with Crippen molar-refractivity contribution in [3.63, 3.8) is 0 Å². The minimum absolute atomic E-state index is 0.0179. The molecule has 7 heteroatoms. The number of rotatable bonds is 5. The van der Waals surface area contributed by atoms with Gasteiger partial charge in [0.15, 0.2) is 5.11 Å². The Labute approximate surface area is 183 Å². The van der Waals surface area contributed by atoms with Crippen LogP contribution in [-0.4, -0.2) is 23.0 Å². The highest BCUT2D eigenvalue weighted by Crippen LogP contribution is 2.29. The molecule has 1 saturated heterocycles. The number of amides is 2. The lowest BCUT2D eigenvalue weighted by molar-refractivity contribution is -0.122. The number of ether oxygens (including phenoxy) is 1. The van der Waals surface area contributed by atoms with Gasteiger partial charge < -0.3 is 4.74 Å². The molecule has 0 bridgehead atoms. The minimum atomic E-state index is -0.513. The molecule has 1 N–H and O–H groups in total. The second-order valence-electron chi connectivity index (χ2n) is 6.77. The molecule has 2 aromatic carbocycles. The summed E-state index contributed by atoms with van der Waals surface area (Å²) >= 11 is 8.75. The van der Waals surface area contributed by atoms with Crippen molar-refractivity contribution in [1.29, 1.82) is 0 Å². The summed E-state index contributed by atoms with van der Waals surface area (Å²) in [4.78, 5) is 26.9. The van der Waals surface area contributed by atoms with Gasteiger partial charge in [0.25, 0.3) is 11.8 Å². The van der Waals surface area contributed by atoms with Crippen LogP contribution in [0.5, 0.6) is 5.75 Å². The van der Waals surface area contributed by atoms with E-state index in [1.807, 2.05) is 44.2 Å². The van der Waals surface area contributed by atoms with E-state index in [4.69, 9.17) is 17.0 Å². The molecule has 1 fully saturated rings. The van der Waals surface area contributed by atoms with Crippen LogP contribution < -0.4 is 15.0 Å². The van der Waals surface area contributed by atoms with Crippen molar-refractivity contribution in [3.8, 4) is 5.75 Å². The molecular formula is C22H21BrN2O3S. The first-order valence-corrected chi connectivity index (χ1v) is 10.4. The summed E-state index contributed by atoms with van der Waals surface area (Å²) < 4.78 is 6.60. The second-order valence-corrected chi connectivity index (χ2v) is 8.01. The molecule has 5 nitrogen and oxygen atoms in total. The molecule has 0 aromatic heterocycles. The van der Waals surface area contributed by atoms with Crippen molar-refractivity contribution >= 4 is 56.8 Å². The number of nitrogens with one attached hydrogen (secondary N) is 1. The maximum absolute atomic E-state index is 13.1. The van der Waals surface area contributed by atoms with Crippen molar-refractivity contribution in [2.45, 2.75) is 33.3 Å². The maximum atomic E-state index is 13.1. The fourth-order valence-electron chi connectivity index (χ4n) is 2.86. The Morgan fingerprint density at radius 1 is 1.24 bits per heavy atom. The van der Waals surface area contributed by atoms with Crippen molar-refractivity contribution in [2.75, 3.05) is 4.90 Å². The molecule has 2 amide bonds. The number of carbonyl (C=O) groups is 2. The zero-order chi connectivity index (χ0) is 21.1. The van der Waals surface area contributed by atoms with Crippen LogP contribution in [0.25, 0.3) is 6.08 Å². The van der Waals surface area contributed by atoms with Gasteiger partial charge in [-0.25, -0.2) is 0 Å². The van der Waals surface area contributed by atoms with Gasteiger partial charge in [-0.1, -0.05) is 31.2 Å². The van der Waals surface area contributed by atoms with Crippen molar-refractivity contribution in [1.82, 2.24) is 5.32 Å². The SMILES string of the molecule is CC[C@@H](C)Oc1ccc(/C=C2\C(=O)NC(=S)N(c3ccccc3C)C2=O)cc1Br. The van der Waals surface area contributed by atoms with Crippen LogP contribution >= 0.6 is 28.1 Å². The standard InChI is InChI=1S/C22H21BrN2O3S/c1-4-14(3)28-19-10-9-15(12-17(19)23)11-16-20(26)24-22(29)25(21(16)27)18-8-6-5-7-13(18)2/h5-12,14H,4H2,1-3H3,(H,24,26,29)/b16-11+/t14-/m1/s1. The first-order valence-electron chi connectivity index (χ1n) is 9.25. The van der Waals surface area contributed by atoms with E-state index in [1.165, 1.54) is 4.90 Å². The molecule has 3 rings (SSSR count). The predicted octanol–water partition coefficient (Wildman–Crippen LogP) is 4.77. The van der Waals surface area contributed by atoms with Gasteiger partial charge in [0.2, 0.25) is 0 Å². The number of hydrogen-bond donors (Lipinski definition) is 1. The average Bonchev–Trinajstić information content (AvgIpc) is 2.68. The largest absolute Gasteiger partial charge is 0.490 e. The molecule has 0 radical (unpaired) electrons. The van der Waals surface area contributed by atoms with Gasteiger partial charge >= 0.3 is 0 Å². The quantitative estimate of drug-likeness (QED) is 0.386. The molecule has 1 atom stereocenters. The lowest BCUT2D eigenvalue weighted by atomic mass is 10.1. The van der Waals surface area contributed by atoms with Crippen LogP contribution in [0.3, 0.4) is 0 Å². The summed E-state index contributed by atoms with van der Waals surface area (Å²) in [6, 6.07) is 12.8. The van der Waals surface area contributed by atoms with Crippen LogP contribution in [0.2, 0.25) is 0 Å². The van der Waals surface area contributed by atoms with E-state index in [0.29, 0.717) is 17.0 Å². The van der Waals surface area contributed by atoms with Gasteiger partial charge in [-0.3, -0.25) is 19.8 Å². The summed E-state index contributed by atoms with van der Waals surface area (Å²) in [6.07, 6.45) is 2.54. The fourth-order valence-corrected chi connectivity index (χ4v) is 3.62. The Balaban J connectivity index is 1.95. The van der Waals surface area contributed by atoms with Crippen LogP contribution in [0, 0.1) is 6.92 Å². The topological polar surface area (TPSA) is 58.6 Å². The van der Waals surface area contributed by atoms with Crippen molar-refractivity contribution in [2.24, 2.45) is 0 Å². The molecule has 0 saturated carbocycles. The van der Waals surface area contributed by atoms with Gasteiger partial charge in [0, 0.05) is 0 Å². The average molecular weight is 473 g/mol. The lowest BCUT2D eigenvalue weighted by Crippen LogP contribution is -2.54. The van der Waals surface area contributed by atoms with E-state index in [9.17, 15) is 9.59 Å². The van der Waals surface area contributed by atoms with Gasteiger partial charge in [-0.2, -0.15) is 0 Å². The van der Waals surface area contributed by atoms with E-state index < -0.39 is 11.8 Å². The lowest BCUT2D eigenvalue weighted by Gasteiger charge is -2.30. The predicted molar refractivity (Wildman–Crippen MR) is 122 cm³/mol. The third-order valence-corrected chi connectivity index (χ3v) is 5.53. The zero-order valence-corrected chi connectivity index (χ0v) is 18.8. The van der Waals surface area contributed by atoms with E-state index in [1.54, 1.807) is 18.2 Å². The summed E-state index contributed by atoms with van der Waals surface area (Å²) in [7, 11) is 0. The first kappa shape index (κ1) is 21.2. The first-order chi connectivity index (χ1) is 13.8. The van der Waals surface area contributed by atoms with Gasteiger partial charge in [-0.15, -0.1) is 0 Å². The Bertz CT molecular complexity index is 1020. The monoisotopic (exact) mass is 472 g/mol. The van der Waals surface area contributed by atoms with Crippen LogP contribution in [0.1, 0.15) is 31.4 Å². The number of anilines is 1. The Morgan fingerprint density at radius 3 is 2.62 bits per heavy atom. The highest BCUT2D eigenvalue weighted by molar-refractivity contribution is 9.10. The molecule has 150 valence electrons. The summed E-state index contributed by atoms with van der Waals surface area (Å²) in [5.41, 5.74) is 2.24. The van der Waals surface area contributed by atoms with Crippen LogP contribution in [0.4, 0.5) is 5.69 Å². The number of carbonyl (C=O) groups excluding carboxylic acids is 2. The number of halogens is 1. The smallest absolute Gasteiger partial charge is 0.270 e. The summed E-state index contributed by atoms with van der Waals surface area (Å²) in [6.45, 7) is 5.93. The van der Waals surface area contributed by atoms with Crippen LogP contribution in [0.15, 0.2) is 52.5 Å². The summed E-state index contributed by atoms with van der Waals surface area (Å²) in [5, 5.41) is 2.68. The normalized spacial score (nSPS) is 16.8. The maximum Gasteiger partial charge on any atom is 0.270 e. The number of benzene rings is 2. The van der Waals surface area contributed by atoms with Gasteiger partial charge in [0.1, 0.15) is 11.3 Å². The van der Waals surface area contributed by atoms with Crippen LogP contribution in [-0.2, 0) is 9.59 Å². The highest BCUT2D eigenvalue weighted by atomic mass is 79.9. The Hall–Kier alpha value is -2.51. The zero-order valence-electron chi connectivity index (χ0n) is 16.4. The molecule has 2 aromatic rings. The Morgan fingerprint density at radius 2 is 1.97 bits per heavy atom. The number of aryl methyl sites for hydroxylation is 1. The van der Waals surface area contributed by atoms with Crippen molar-refractivity contribution in [3.05, 3.63) is 63.6 Å². The molecule has 0 unspecified atom stereocenters. The van der Waals surface area contributed by atoms with Crippen molar-refractivity contribution < 1.29 is 14.3 Å². The third-order valence-electron chi connectivity index (χ3n) is 4.63. The number of nitrogens with zero attached hydrogens (tertiary/aromatic N) is 1. The second kappa shape index (κ2) is 8.88. The van der Waals surface area contributed by atoms with E-state index in [0.717, 1.165) is 16.5 Å². The third kappa shape index (κ3) is 4.57. The molecule has 0 spiro atoms. The Kier molecular flexibility index (Phi) is 6.49. The number of hydrogen-bond acceptors (Lipinski definition) is 4. The highest BCUT2D eigenvalue weighted by Gasteiger charge is 2.35. The molecule has 1 aliphatic rings. The molecular weight excluding hydrogens is 452 g/mol. The minimum Gasteiger partial charge on any atom is -0.490 e. The van der Waals surface area contributed by atoms with E-state index in [-0.39, 0.29) is 16.8 Å². The molecule has 0 aliphatic carbocycles. The van der Waals surface area contributed by atoms with Gasteiger partial charge in [-0.05, 0) is 83.8 Å². The molecule has 29 heavy (non-hydrogen) atoms. The van der Waals surface area contributed by atoms with E-state index in [2.05, 4.69) is 28.2 Å². The van der Waals surface area contributed by atoms with E-state index >= 15 is 0 Å². The van der Waals surface area contributed by atoms with Gasteiger partial charge in [0.05, 0.1) is 16.3 Å². The number of thiocarbonyl (C=S) groups is 1. The molecule has 1 aliphatic heterocycles. The fraction of sp³-hybridized carbons (Fsp3) is 0.227. The number of para-hydroxylation sites is 1. The summed E-state index contributed by atoms with van der Waals surface area (Å²) in [5.74, 6) is -0.256.